The highest BCUT2D eigenvalue weighted by atomic mass is 127. The number of fused-ring (bicyclic) bond motifs is 1. The number of methoxy groups -OCH3 is 1. The molecule has 0 bridgehead atoms. The van der Waals surface area contributed by atoms with Gasteiger partial charge in [-0.25, -0.2) is 0 Å². The summed E-state index contributed by atoms with van der Waals surface area (Å²) >= 11 is 0. The number of hydrogen-bond acceptors (Lipinski definition) is 3. The van der Waals surface area contributed by atoms with Gasteiger partial charge in [-0.15, -0.1) is 24.0 Å². The Bertz CT molecular complexity index is 889. The van der Waals surface area contributed by atoms with Crippen molar-refractivity contribution in [3.63, 3.8) is 0 Å². The standard InChI is InChI=1S/C22H30N4O2.HI/c1-4-16(2)26-22(24-13-11-18-7-6-14-28-18)23-12-10-17-15-25-19-8-5-9-20(27-3)21(17)19;/h5-9,14-16,25H,4,10-13H2,1-3H3,(H2,23,24,26);1H. The molecule has 1 unspecified atom stereocenters. The zero-order valence-electron chi connectivity index (χ0n) is 17.3. The van der Waals surface area contributed by atoms with Crippen LogP contribution in [0.2, 0.25) is 0 Å². The Kier molecular flexibility index (Phi) is 9.37. The number of nitrogens with one attached hydrogen (secondary N) is 3. The molecule has 3 N–H and O–H groups in total. The molecule has 3 aromatic rings. The van der Waals surface area contributed by atoms with Gasteiger partial charge in [0.1, 0.15) is 11.5 Å². The van der Waals surface area contributed by atoms with E-state index in [9.17, 15) is 0 Å². The van der Waals surface area contributed by atoms with Gasteiger partial charge in [0.05, 0.1) is 13.4 Å². The highest BCUT2D eigenvalue weighted by Gasteiger charge is 2.10. The van der Waals surface area contributed by atoms with E-state index < -0.39 is 0 Å². The number of benzene rings is 1. The lowest BCUT2D eigenvalue weighted by molar-refractivity contribution is 0.419. The van der Waals surface area contributed by atoms with E-state index in [1.165, 1.54) is 5.56 Å². The second-order valence-electron chi connectivity index (χ2n) is 6.89. The van der Waals surface area contributed by atoms with Crippen LogP contribution in [0, 0.1) is 0 Å². The van der Waals surface area contributed by atoms with Crippen molar-refractivity contribution >= 4 is 40.8 Å². The third-order valence-corrected chi connectivity index (χ3v) is 4.86. The molecule has 0 spiro atoms. The molecule has 3 rings (SSSR count). The third kappa shape index (κ3) is 6.42. The quantitative estimate of drug-likeness (QED) is 0.225. The van der Waals surface area contributed by atoms with E-state index >= 15 is 0 Å². The highest BCUT2D eigenvalue weighted by Crippen LogP contribution is 2.28. The Balaban J connectivity index is 0.00000300. The number of hydrogen-bond donors (Lipinski definition) is 3. The Labute approximate surface area is 189 Å². The first kappa shape index (κ1) is 23.1. The monoisotopic (exact) mass is 510 g/mol. The predicted molar refractivity (Wildman–Crippen MR) is 130 cm³/mol. The lowest BCUT2D eigenvalue weighted by atomic mass is 10.1. The summed E-state index contributed by atoms with van der Waals surface area (Å²) in [6, 6.07) is 10.3. The minimum Gasteiger partial charge on any atom is -0.496 e. The molecule has 0 fully saturated rings. The number of ether oxygens (including phenoxy) is 1. The lowest BCUT2D eigenvalue weighted by Gasteiger charge is -2.17. The molecular weight excluding hydrogens is 479 g/mol. The van der Waals surface area contributed by atoms with Crippen LogP contribution in [0.15, 0.2) is 52.2 Å². The van der Waals surface area contributed by atoms with Crippen molar-refractivity contribution in [3.8, 4) is 5.75 Å². The van der Waals surface area contributed by atoms with Crippen molar-refractivity contribution in [1.29, 1.82) is 0 Å². The topological polar surface area (TPSA) is 74.6 Å². The van der Waals surface area contributed by atoms with Gasteiger partial charge in [-0.05, 0) is 49.6 Å². The van der Waals surface area contributed by atoms with Crippen LogP contribution in [-0.4, -0.2) is 37.2 Å². The summed E-state index contributed by atoms with van der Waals surface area (Å²) in [5.74, 6) is 2.70. The van der Waals surface area contributed by atoms with Gasteiger partial charge in [0.15, 0.2) is 5.96 Å². The fourth-order valence-corrected chi connectivity index (χ4v) is 3.12. The van der Waals surface area contributed by atoms with Crippen LogP contribution in [0.5, 0.6) is 5.75 Å². The molecule has 0 aliphatic rings. The maximum Gasteiger partial charge on any atom is 0.191 e. The van der Waals surface area contributed by atoms with Crippen LogP contribution in [-0.2, 0) is 12.8 Å². The first-order valence-corrected chi connectivity index (χ1v) is 9.91. The maximum absolute atomic E-state index is 5.52. The molecule has 2 heterocycles. The molecule has 29 heavy (non-hydrogen) atoms. The smallest absolute Gasteiger partial charge is 0.191 e. The van der Waals surface area contributed by atoms with E-state index in [1.807, 2.05) is 24.3 Å². The first-order chi connectivity index (χ1) is 13.7. The molecular formula is C22H31IN4O2. The Morgan fingerprint density at radius 3 is 2.83 bits per heavy atom. The van der Waals surface area contributed by atoms with Gasteiger partial charge in [-0.2, -0.15) is 0 Å². The molecule has 0 radical (unpaired) electrons. The van der Waals surface area contributed by atoms with E-state index in [1.54, 1.807) is 13.4 Å². The summed E-state index contributed by atoms with van der Waals surface area (Å²) in [5.41, 5.74) is 2.33. The summed E-state index contributed by atoms with van der Waals surface area (Å²) in [7, 11) is 1.71. The molecule has 0 saturated heterocycles. The number of guanidine groups is 1. The van der Waals surface area contributed by atoms with Crippen LogP contribution in [0.3, 0.4) is 0 Å². The average Bonchev–Trinajstić information content (AvgIpc) is 3.37. The summed E-state index contributed by atoms with van der Waals surface area (Å²) in [5, 5.41) is 8.07. The number of H-pyrrole nitrogens is 1. The van der Waals surface area contributed by atoms with Crippen molar-refractivity contribution in [2.75, 3.05) is 20.2 Å². The van der Waals surface area contributed by atoms with Gasteiger partial charge in [0.2, 0.25) is 0 Å². The first-order valence-electron chi connectivity index (χ1n) is 9.91. The van der Waals surface area contributed by atoms with E-state index in [4.69, 9.17) is 14.1 Å². The molecule has 1 atom stereocenters. The third-order valence-electron chi connectivity index (χ3n) is 4.86. The molecule has 1 aromatic carbocycles. The van der Waals surface area contributed by atoms with Crippen molar-refractivity contribution in [2.24, 2.45) is 4.99 Å². The van der Waals surface area contributed by atoms with Crippen molar-refractivity contribution in [3.05, 3.63) is 54.1 Å². The van der Waals surface area contributed by atoms with Gasteiger partial charge >= 0.3 is 0 Å². The fourth-order valence-electron chi connectivity index (χ4n) is 3.12. The van der Waals surface area contributed by atoms with Gasteiger partial charge in [0.25, 0.3) is 0 Å². The van der Waals surface area contributed by atoms with Crippen molar-refractivity contribution in [2.45, 2.75) is 39.2 Å². The Morgan fingerprint density at radius 1 is 1.24 bits per heavy atom. The van der Waals surface area contributed by atoms with E-state index in [-0.39, 0.29) is 24.0 Å². The van der Waals surface area contributed by atoms with Crippen molar-refractivity contribution < 1.29 is 9.15 Å². The van der Waals surface area contributed by atoms with Crippen LogP contribution in [0.25, 0.3) is 10.9 Å². The van der Waals surface area contributed by atoms with Crippen LogP contribution in [0.4, 0.5) is 0 Å². The SMILES string of the molecule is CCC(C)NC(=NCCc1ccco1)NCCc1c[nH]c2cccc(OC)c12.I. The summed E-state index contributed by atoms with van der Waals surface area (Å²) < 4.78 is 10.9. The fraction of sp³-hybridized carbons (Fsp3) is 0.409. The minimum atomic E-state index is 0. The largest absolute Gasteiger partial charge is 0.496 e. The van der Waals surface area contributed by atoms with E-state index in [0.717, 1.165) is 54.2 Å². The zero-order chi connectivity index (χ0) is 19.8. The number of aliphatic imine (C=N–C) groups is 1. The molecule has 0 amide bonds. The second-order valence-corrected chi connectivity index (χ2v) is 6.89. The summed E-state index contributed by atoms with van der Waals surface area (Å²) in [6.07, 6.45) is 6.47. The van der Waals surface area contributed by atoms with E-state index in [2.05, 4.69) is 41.7 Å². The summed E-state index contributed by atoms with van der Waals surface area (Å²) in [4.78, 5) is 8.03. The molecule has 0 aliphatic carbocycles. The number of aromatic nitrogens is 1. The van der Waals surface area contributed by atoms with Crippen LogP contribution >= 0.6 is 24.0 Å². The molecule has 2 aromatic heterocycles. The molecule has 158 valence electrons. The Morgan fingerprint density at radius 2 is 2.10 bits per heavy atom. The molecule has 0 saturated carbocycles. The normalized spacial score (nSPS) is 12.4. The lowest BCUT2D eigenvalue weighted by Crippen LogP contribution is -2.43. The number of rotatable bonds is 9. The number of halogens is 1. The second kappa shape index (κ2) is 11.7. The van der Waals surface area contributed by atoms with Crippen LogP contribution < -0.4 is 15.4 Å². The predicted octanol–water partition coefficient (Wildman–Crippen LogP) is 4.51. The van der Waals surface area contributed by atoms with Crippen LogP contribution in [0.1, 0.15) is 31.6 Å². The van der Waals surface area contributed by atoms with E-state index in [0.29, 0.717) is 12.6 Å². The number of aromatic amines is 1. The molecule has 7 heteroatoms. The average molecular weight is 510 g/mol. The Hall–Kier alpha value is -2.16. The maximum atomic E-state index is 5.52. The number of furan rings is 1. The van der Waals surface area contributed by atoms with Gasteiger partial charge in [-0.1, -0.05) is 13.0 Å². The zero-order valence-corrected chi connectivity index (χ0v) is 19.7. The molecule has 6 nitrogen and oxygen atoms in total. The highest BCUT2D eigenvalue weighted by molar-refractivity contribution is 14.0. The summed E-state index contributed by atoms with van der Waals surface area (Å²) in [6.45, 7) is 5.79. The molecule has 0 aliphatic heterocycles. The van der Waals surface area contributed by atoms with Gasteiger partial charge in [0, 0.05) is 42.7 Å². The minimum absolute atomic E-state index is 0. The van der Waals surface area contributed by atoms with Crippen molar-refractivity contribution in [1.82, 2.24) is 15.6 Å². The number of nitrogens with zero attached hydrogens (tertiary/aromatic N) is 1. The van der Waals surface area contributed by atoms with Gasteiger partial charge in [-0.3, -0.25) is 4.99 Å². The van der Waals surface area contributed by atoms with Gasteiger partial charge < -0.3 is 24.8 Å².